The fraction of sp³-hybridized carbons (Fsp3) is 0.190. The van der Waals surface area contributed by atoms with Crippen molar-refractivity contribution >= 4 is 28.5 Å². The van der Waals surface area contributed by atoms with Crippen molar-refractivity contribution in [2.24, 2.45) is 0 Å². The van der Waals surface area contributed by atoms with Crippen LogP contribution in [0.2, 0.25) is 0 Å². The van der Waals surface area contributed by atoms with Crippen LogP contribution in [-0.2, 0) is 9.53 Å². The highest BCUT2D eigenvalue weighted by Gasteiger charge is 2.17. The molecule has 4 rings (SSSR count). The molecule has 0 saturated heterocycles. The monoisotopic (exact) mass is 395 g/mol. The van der Waals surface area contributed by atoms with Crippen molar-refractivity contribution in [1.82, 2.24) is 0 Å². The smallest absolute Gasteiger partial charge is 0.351 e. The summed E-state index contributed by atoms with van der Waals surface area (Å²) in [6.07, 6.45) is 0.773. The summed E-state index contributed by atoms with van der Waals surface area (Å²) in [6, 6.07) is 13.2. The summed E-state index contributed by atoms with van der Waals surface area (Å²) in [5.74, 6) is -0.350. The van der Waals surface area contributed by atoms with Gasteiger partial charge in [0.2, 0.25) is 0 Å². The molecule has 0 atom stereocenters. The molecule has 1 aromatic heterocycles. The molecule has 0 bridgehead atoms. The SMILES string of the molecule is O=C(COC(=O)c1cc2ccccc2oc1=O)Nc1ccc2c(c1)OCCCO2. The first-order chi connectivity index (χ1) is 14.1. The average Bonchev–Trinajstić information content (AvgIpc) is 2.96. The molecule has 0 spiro atoms. The Kier molecular flexibility index (Phi) is 5.15. The summed E-state index contributed by atoms with van der Waals surface area (Å²) in [4.78, 5) is 36.3. The first kappa shape index (κ1) is 18.5. The van der Waals surface area contributed by atoms with Gasteiger partial charge in [0, 0.05) is 23.6 Å². The highest BCUT2D eigenvalue weighted by Crippen LogP contribution is 2.32. The minimum absolute atomic E-state index is 0.271. The molecule has 0 saturated carbocycles. The highest BCUT2D eigenvalue weighted by molar-refractivity contribution is 5.96. The number of carbonyl (C=O) groups is 2. The van der Waals surface area contributed by atoms with Crippen LogP contribution in [0.15, 0.2) is 57.7 Å². The Balaban J connectivity index is 1.40. The third-order valence-electron chi connectivity index (χ3n) is 4.23. The van der Waals surface area contributed by atoms with Crippen LogP contribution in [0.25, 0.3) is 11.0 Å². The molecular weight excluding hydrogens is 378 g/mol. The van der Waals surface area contributed by atoms with Crippen LogP contribution in [0.4, 0.5) is 5.69 Å². The topological polar surface area (TPSA) is 104 Å². The van der Waals surface area contributed by atoms with E-state index < -0.39 is 24.1 Å². The van der Waals surface area contributed by atoms with E-state index in [0.717, 1.165) is 6.42 Å². The van der Waals surface area contributed by atoms with Gasteiger partial charge in [0.25, 0.3) is 5.91 Å². The number of rotatable bonds is 4. The van der Waals surface area contributed by atoms with Crippen molar-refractivity contribution in [3.63, 3.8) is 0 Å². The second kappa shape index (κ2) is 8.05. The first-order valence-electron chi connectivity index (χ1n) is 9.00. The number of anilines is 1. The Morgan fingerprint density at radius 3 is 2.66 bits per heavy atom. The molecule has 1 aliphatic rings. The molecule has 1 aliphatic heterocycles. The number of hydrogen-bond acceptors (Lipinski definition) is 7. The fourth-order valence-electron chi connectivity index (χ4n) is 2.85. The largest absolute Gasteiger partial charge is 0.490 e. The Bertz CT molecular complexity index is 1140. The predicted molar refractivity (Wildman–Crippen MR) is 103 cm³/mol. The van der Waals surface area contributed by atoms with E-state index in [1.165, 1.54) is 6.07 Å². The Morgan fingerprint density at radius 1 is 1.00 bits per heavy atom. The Labute approximate surface area is 165 Å². The predicted octanol–water partition coefficient (Wildman–Crippen LogP) is 2.75. The number of nitrogens with one attached hydrogen (secondary N) is 1. The lowest BCUT2D eigenvalue weighted by atomic mass is 10.2. The highest BCUT2D eigenvalue weighted by atomic mass is 16.5. The zero-order valence-electron chi connectivity index (χ0n) is 15.3. The standard InChI is InChI=1S/C21H17NO7/c23-19(22-14-6-7-17-18(11-14)27-9-3-8-26-17)12-28-20(24)15-10-13-4-1-2-5-16(13)29-21(15)25/h1-2,4-7,10-11H,3,8-9,12H2,(H,22,23). The molecule has 8 nitrogen and oxygen atoms in total. The van der Waals surface area contributed by atoms with Gasteiger partial charge in [-0.1, -0.05) is 18.2 Å². The maximum absolute atomic E-state index is 12.2. The van der Waals surface area contributed by atoms with Crippen molar-refractivity contribution in [2.75, 3.05) is 25.1 Å². The molecule has 1 N–H and O–H groups in total. The zero-order chi connectivity index (χ0) is 20.2. The van der Waals surface area contributed by atoms with Gasteiger partial charge in [0.05, 0.1) is 13.2 Å². The van der Waals surface area contributed by atoms with Crippen LogP contribution in [0.5, 0.6) is 11.5 Å². The average molecular weight is 395 g/mol. The third-order valence-corrected chi connectivity index (χ3v) is 4.23. The number of hydrogen-bond donors (Lipinski definition) is 1. The van der Waals surface area contributed by atoms with E-state index >= 15 is 0 Å². The molecule has 1 amide bonds. The van der Waals surface area contributed by atoms with Gasteiger partial charge >= 0.3 is 11.6 Å². The molecule has 0 fully saturated rings. The first-order valence-corrected chi connectivity index (χ1v) is 9.00. The van der Waals surface area contributed by atoms with E-state index in [9.17, 15) is 14.4 Å². The number of para-hydroxylation sites is 1. The van der Waals surface area contributed by atoms with Gasteiger partial charge < -0.3 is 23.9 Å². The number of esters is 1. The Morgan fingerprint density at radius 2 is 1.79 bits per heavy atom. The molecule has 2 heterocycles. The van der Waals surface area contributed by atoms with Crippen LogP contribution in [0.3, 0.4) is 0 Å². The molecular formula is C21H17NO7. The lowest BCUT2D eigenvalue weighted by Gasteiger charge is -2.10. The van der Waals surface area contributed by atoms with Crippen LogP contribution < -0.4 is 20.4 Å². The van der Waals surface area contributed by atoms with Crippen LogP contribution in [0, 0.1) is 0 Å². The van der Waals surface area contributed by atoms with Crippen molar-refractivity contribution in [1.29, 1.82) is 0 Å². The van der Waals surface area contributed by atoms with Gasteiger partial charge in [-0.2, -0.15) is 0 Å². The second-order valence-electron chi connectivity index (χ2n) is 6.32. The van der Waals surface area contributed by atoms with Gasteiger partial charge in [0.1, 0.15) is 11.1 Å². The fourth-order valence-corrected chi connectivity index (χ4v) is 2.85. The molecule has 148 valence electrons. The van der Waals surface area contributed by atoms with Crippen molar-refractivity contribution < 1.29 is 28.2 Å². The second-order valence-corrected chi connectivity index (χ2v) is 6.32. The van der Waals surface area contributed by atoms with Gasteiger partial charge in [-0.05, 0) is 24.3 Å². The Hall–Kier alpha value is -3.81. The number of ether oxygens (including phenoxy) is 3. The lowest BCUT2D eigenvalue weighted by molar-refractivity contribution is -0.119. The van der Waals surface area contributed by atoms with Crippen molar-refractivity contribution in [2.45, 2.75) is 6.42 Å². The van der Waals surface area contributed by atoms with E-state index in [-0.39, 0.29) is 5.56 Å². The van der Waals surface area contributed by atoms with Crippen molar-refractivity contribution in [3.05, 3.63) is 64.5 Å². The van der Waals surface area contributed by atoms with E-state index in [4.69, 9.17) is 18.6 Å². The number of fused-ring (bicyclic) bond motifs is 2. The van der Waals surface area contributed by atoms with Gasteiger partial charge in [-0.25, -0.2) is 9.59 Å². The van der Waals surface area contributed by atoms with E-state index in [2.05, 4.69) is 5.32 Å². The van der Waals surface area contributed by atoms with E-state index in [1.807, 2.05) is 0 Å². The molecule has 8 heteroatoms. The molecule has 0 radical (unpaired) electrons. The summed E-state index contributed by atoms with van der Waals surface area (Å²) >= 11 is 0. The lowest BCUT2D eigenvalue weighted by Crippen LogP contribution is -2.23. The van der Waals surface area contributed by atoms with Crippen LogP contribution in [0.1, 0.15) is 16.8 Å². The molecule has 0 unspecified atom stereocenters. The van der Waals surface area contributed by atoms with Crippen LogP contribution >= 0.6 is 0 Å². The molecule has 29 heavy (non-hydrogen) atoms. The maximum atomic E-state index is 12.2. The third kappa shape index (κ3) is 4.21. The molecule has 3 aromatic rings. The normalized spacial score (nSPS) is 12.8. The number of amides is 1. The summed E-state index contributed by atoms with van der Waals surface area (Å²) in [5, 5.41) is 3.19. The number of benzene rings is 2. The van der Waals surface area contributed by atoms with Gasteiger partial charge in [0.15, 0.2) is 18.1 Å². The van der Waals surface area contributed by atoms with E-state index in [1.54, 1.807) is 42.5 Å². The molecule has 2 aromatic carbocycles. The summed E-state index contributed by atoms with van der Waals surface area (Å²) in [7, 11) is 0. The zero-order valence-corrected chi connectivity index (χ0v) is 15.3. The summed E-state index contributed by atoms with van der Waals surface area (Å²) < 4.78 is 21.2. The summed E-state index contributed by atoms with van der Waals surface area (Å²) in [6.45, 7) is 0.535. The van der Waals surface area contributed by atoms with Gasteiger partial charge in [-0.15, -0.1) is 0 Å². The van der Waals surface area contributed by atoms with Crippen LogP contribution in [-0.4, -0.2) is 31.7 Å². The quantitative estimate of drug-likeness (QED) is 0.535. The summed E-state index contributed by atoms with van der Waals surface area (Å²) in [5.41, 5.74) is -0.259. The minimum Gasteiger partial charge on any atom is -0.490 e. The minimum atomic E-state index is -0.932. The number of carbonyl (C=O) groups excluding carboxylic acids is 2. The van der Waals surface area contributed by atoms with E-state index in [0.29, 0.717) is 41.4 Å². The van der Waals surface area contributed by atoms with Gasteiger partial charge in [-0.3, -0.25) is 4.79 Å². The van der Waals surface area contributed by atoms with Crippen molar-refractivity contribution in [3.8, 4) is 11.5 Å². The molecule has 0 aliphatic carbocycles. The maximum Gasteiger partial charge on any atom is 0.351 e.